The summed E-state index contributed by atoms with van der Waals surface area (Å²) in [6.45, 7) is 0. The van der Waals surface area contributed by atoms with Gasteiger partial charge in [0, 0.05) is 23.8 Å². The third kappa shape index (κ3) is 5.24. The Labute approximate surface area is 194 Å². The molecule has 1 N–H and O–H groups in total. The second-order valence-electron chi connectivity index (χ2n) is 6.65. The first-order valence-corrected chi connectivity index (χ1v) is 10.0. The van der Waals surface area contributed by atoms with Gasteiger partial charge in [-0.25, -0.2) is 0 Å². The number of hydrogen-bond donors (Lipinski definition) is 1. The van der Waals surface area contributed by atoms with Crippen molar-refractivity contribution in [2.75, 3.05) is 17.3 Å². The third-order valence-corrected chi connectivity index (χ3v) is 5.12. The van der Waals surface area contributed by atoms with Gasteiger partial charge in [0.1, 0.15) is 17.3 Å². The van der Waals surface area contributed by atoms with Gasteiger partial charge < -0.3 is 10.2 Å². The molecular weight excluding hydrogens is 451 g/mol. The molecule has 3 rings (SSSR count). The minimum Gasteiger partial charge on any atom is -0.339 e. The monoisotopic (exact) mass is 466 g/mol. The van der Waals surface area contributed by atoms with E-state index in [1.165, 1.54) is 24.3 Å². The first-order chi connectivity index (χ1) is 15.3. The van der Waals surface area contributed by atoms with Gasteiger partial charge in [-0.1, -0.05) is 47.5 Å². The molecule has 0 aliphatic heterocycles. The predicted molar refractivity (Wildman–Crippen MR) is 126 cm³/mol. The van der Waals surface area contributed by atoms with E-state index in [0.717, 1.165) is 5.69 Å². The van der Waals surface area contributed by atoms with E-state index in [1.54, 1.807) is 30.1 Å². The largest absolute Gasteiger partial charge is 0.339 e. The standard InChI is InChI=1S/C23H16Cl2N4O3/c1-28(18-5-3-2-4-6-18)21-10-7-15(12-22(21)29(31)32)11-16(14-26)23(30)27-20-13-17(24)8-9-19(20)25/h2-13H,1H3,(H,27,30). The quantitative estimate of drug-likeness (QED) is 0.201. The summed E-state index contributed by atoms with van der Waals surface area (Å²) >= 11 is 12.0. The van der Waals surface area contributed by atoms with Gasteiger partial charge in [-0.2, -0.15) is 5.26 Å². The van der Waals surface area contributed by atoms with Crippen LogP contribution in [-0.2, 0) is 4.79 Å². The number of halogens is 2. The van der Waals surface area contributed by atoms with Crippen LogP contribution in [0.4, 0.5) is 22.7 Å². The summed E-state index contributed by atoms with van der Waals surface area (Å²) in [4.78, 5) is 25.4. The number of nitro benzene ring substituents is 1. The van der Waals surface area contributed by atoms with E-state index in [-0.39, 0.29) is 22.0 Å². The van der Waals surface area contributed by atoms with E-state index in [9.17, 15) is 20.2 Å². The number of nitriles is 1. The molecular formula is C23H16Cl2N4O3. The number of rotatable bonds is 6. The highest BCUT2D eigenvalue weighted by Gasteiger charge is 2.19. The van der Waals surface area contributed by atoms with Gasteiger partial charge in [0.2, 0.25) is 0 Å². The Morgan fingerprint density at radius 2 is 1.84 bits per heavy atom. The van der Waals surface area contributed by atoms with Crippen LogP contribution in [0.3, 0.4) is 0 Å². The van der Waals surface area contributed by atoms with E-state index < -0.39 is 10.8 Å². The van der Waals surface area contributed by atoms with Gasteiger partial charge in [-0.15, -0.1) is 0 Å². The molecule has 0 unspecified atom stereocenters. The Morgan fingerprint density at radius 1 is 1.12 bits per heavy atom. The smallest absolute Gasteiger partial charge is 0.293 e. The van der Waals surface area contributed by atoms with Gasteiger partial charge in [0.25, 0.3) is 11.6 Å². The Morgan fingerprint density at radius 3 is 2.50 bits per heavy atom. The zero-order valence-electron chi connectivity index (χ0n) is 16.8. The number of benzene rings is 3. The Balaban J connectivity index is 1.93. The molecule has 0 aliphatic carbocycles. The lowest BCUT2D eigenvalue weighted by Gasteiger charge is -2.19. The number of carbonyl (C=O) groups excluding carboxylic acids is 1. The molecule has 32 heavy (non-hydrogen) atoms. The van der Waals surface area contributed by atoms with Crippen molar-refractivity contribution in [1.82, 2.24) is 0 Å². The molecule has 160 valence electrons. The Hall–Kier alpha value is -3.86. The molecule has 0 fully saturated rings. The number of nitro groups is 1. The van der Waals surface area contributed by atoms with Crippen LogP contribution in [0, 0.1) is 21.4 Å². The number of anilines is 3. The van der Waals surface area contributed by atoms with Crippen molar-refractivity contribution in [2.24, 2.45) is 0 Å². The van der Waals surface area contributed by atoms with Gasteiger partial charge in [-0.05, 0) is 48.0 Å². The van der Waals surface area contributed by atoms with Gasteiger partial charge in [-0.3, -0.25) is 14.9 Å². The van der Waals surface area contributed by atoms with Crippen molar-refractivity contribution in [3.63, 3.8) is 0 Å². The van der Waals surface area contributed by atoms with Crippen molar-refractivity contribution in [2.45, 2.75) is 0 Å². The minimum absolute atomic E-state index is 0.166. The summed E-state index contributed by atoms with van der Waals surface area (Å²) in [7, 11) is 1.72. The van der Waals surface area contributed by atoms with Crippen LogP contribution in [0.25, 0.3) is 6.08 Å². The van der Waals surface area contributed by atoms with Crippen LogP contribution in [0.5, 0.6) is 0 Å². The number of amides is 1. The summed E-state index contributed by atoms with van der Waals surface area (Å²) in [6.07, 6.45) is 1.27. The maximum absolute atomic E-state index is 12.5. The zero-order chi connectivity index (χ0) is 23.3. The SMILES string of the molecule is CN(c1ccccc1)c1ccc(C=C(C#N)C(=O)Nc2cc(Cl)ccc2Cl)cc1[N+](=O)[O-]. The summed E-state index contributed by atoms with van der Waals surface area (Å²) in [6, 6.07) is 20.0. The summed E-state index contributed by atoms with van der Waals surface area (Å²) in [5.41, 5.74) is 1.29. The first-order valence-electron chi connectivity index (χ1n) is 9.25. The highest BCUT2D eigenvalue weighted by Crippen LogP contribution is 2.33. The average Bonchev–Trinajstić information content (AvgIpc) is 2.79. The molecule has 0 spiro atoms. The van der Waals surface area contributed by atoms with Crippen molar-refractivity contribution in [1.29, 1.82) is 5.26 Å². The van der Waals surface area contributed by atoms with Gasteiger partial charge in [0.05, 0.1) is 15.6 Å². The van der Waals surface area contributed by atoms with Crippen molar-refractivity contribution < 1.29 is 9.72 Å². The molecule has 0 saturated heterocycles. The molecule has 0 aromatic heterocycles. The molecule has 1 amide bonds. The van der Waals surface area contributed by atoms with E-state index in [1.807, 2.05) is 36.4 Å². The van der Waals surface area contributed by atoms with Crippen LogP contribution < -0.4 is 10.2 Å². The van der Waals surface area contributed by atoms with Gasteiger partial charge >= 0.3 is 0 Å². The average molecular weight is 467 g/mol. The normalized spacial score (nSPS) is 10.9. The molecule has 3 aromatic carbocycles. The Bertz CT molecular complexity index is 1250. The highest BCUT2D eigenvalue weighted by molar-refractivity contribution is 6.36. The molecule has 0 atom stereocenters. The fourth-order valence-corrected chi connectivity index (χ4v) is 3.29. The van der Waals surface area contributed by atoms with Crippen LogP contribution in [0.15, 0.2) is 72.3 Å². The maximum atomic E-state index is 12.5. The lowest BCUT2D eigenvalue weighted by molar-refractivity contribution is -0.384. The van der Waals surface area contributed by atoms with E-state index in [4.69, 9.17) is 23.2 Å². The number of carbonyl (C=O) groups is 1. The van der Waals surface area contributed by atoms with Crippen LogP contribution in [0.1, 0.15) is 5.56 Å². The fraction of sp³-hybridized carbons (Fsp3) is 0.0435. The summed E-state index contributed by atoms with van der Waals surface area (Å²) in [5.74, 6) is -0.718. The van der Waals surface area contributed by atoms with Crippen LogP contribution in [-0.4, -0.2) is 17.9 Å². The highest BCUT2D eigenvalue weighted by atomic mass is 35.5. The number of nitrogens with zero attached hydrogens (tertiary/aromatic N) is 3. The molecule has 0 aliphatic rings. The zero-order valence-corrected chi connectivity index (χ0v) is 18.3. The predicted octanol–water partition coefficient (Wildman–Crippen LogP) is 6.22. The lowest BCUT2D eigenvalue weighted by Crippen LogP contribution is -2.14. The molecule has 0 saturated carbocycles. The molecule has 0 heterocycles. The van der Waals surface area contributed by atoms with E-state index >= 15 is 0 Å². The van der Waals surface area contributed by atoms with Crippen molar-refractivity contribution >= 4 is 57.9 Å². The van der Waals surface area contributed by atoms with Crippen molar-refractivity contribution in [3.8, 4) is 6.07 Å². The number of hydrogen-bond acceptors (Lipinski definition) is 5. The topological polar surface area (TPSA) is 99.3 Å². The summed E-state index contributed by atoms with van der Waals surface area (Å²) < 4.78 is 0. The van der Waals surface area contributed by atoms with E-state index in [2.05, 4.69) is 5.32 Å². The molecule has 0 bridgehead atoms. The maximum Gasteiger partial charge on any atom is 0.293 e. The van der Waals surface area contributed by atoms with Crippen molar-refractivity contribution in [3.05, 3.63) is 98.0 Å². The lowest BCUT2D eigenvalue weighted by atomic mass is 10.1. The summed E-state index contributed by atoms with van der Waals surface area (Å²) in [5, 5.41) is 24.3. The number of nitrogens with one attached hydrogen (secondary N) is 1. The fourth-order valence-electron chi connectivity index (χ4n) is 2.95. The third-order valence-electron chi connectivity index (χ3n) is 4.55. The molecule has 0 radical (unpaired) electrons. The number of para-hydroxylation sites is 1. The molecule has 7 nitrogen and oxygen atoms in total. The second kappa shape index (κ2) is 9.96. The first kappa shape index (κ1) is 22.8. The van der Waals surface area contributed by atoms with Gasteiger partial charge in [0.15, 0.2) is 0 Å². The minimum atomic E-state index is -0.718. The second-order valence-corrected chi connectivity index (χ2v) is 7.49. The van der Waals surface area contributed by atoms with Crippen LogP contribution in [0.2, 0.25) is 10.0 Å². The van der Waals surface area contributed by atoms with Crippen LogP contribution >= 0.6 is 23.2 Å². The van der Waals surface area contributed by atoms with E-state index in [0.29, 0.717) is 16.3 Å². The molecule has 9 heteroatoms. The Kier molecular flexibility index (Phi) is 7.11. The molecule has 3 aromatic rings.